The summed E-state index contributed by atoms with van der Waals surface area (Å²) in [5.74, 6) is 0. The molecule has 1 aromatic heterocycles. The summed E-state index contributed by atoms with van der Waals surface area (Å²) in [6, 6.07) is 16.1. The van der Waals surface area contributed by atoms with E-state index in [4.69, 9.17) is 10.7 Å². The van der Waals surface area contributed by atoms with Gasteiger partial charge in [-0.1, -0.05) is 42.5 Å². The van der Waals surface area contributed by atoms with Crippen molar-refractivity contribution in [3.05, 3.63) is 58.6 Å². The van der Waals surface area contributed by atoms with E-state index >= 15 is 0 Å². The van der Waals surface area contributed by atoms with Crippen molar-refractivity contribution in [2.75, 3.05) is 5.73 Å². The Hall–Kier alpha value is -1.87. The van der Waals surface area contributed by atoms with Gasteiger partial charge in [-0.05, 0) is 34.5 Å². The molecule has 3 aromatic rings. The van der Waals surface area contributed by atoms with Crippen LogP contribution >= 0.6 is 15.9 Å². The van der Waals surface area contributed by atoms with Crippen LogP contribution in [0.4, 0.5) is 5.69 Å². The minimum atomic E-state index is 0.754. The molecular weight excluding hydrogens is 300 g/mol. The number of benzene rings is 2. The normalized spacial score (nSPS) is 10.8. The van der Waals surface area contributed by atoms with Gasteiger partial charge in [-0.2, -0.15) is 0 Å². The maximum Gasteiger partial charge on any atom is 0.0874 e. The monoisotopic (exact) mass is 312 g/mol. The van der Waals surface area contributed by atoms with Crippen LogP contribution in [-0.4, -0.2) is 4.98 Å². The SMILES string of the molecule is Cc1ccc2c(N)cc(-c3ccccc3)nc2c1Br. The van der Waals surface area contributed by atoms with E-state index < -0.39 is 0 Å². The maximum atomic E-state index is 6.15. The van der Waals surface area contributed by atoms with Crippen molar-refractivity contribution in [2.24, 2.45) is 0 Å². The lowest BCUT2D eigenvalue weighted by atomic mass is 10.1. The third kappa shape index (κ3) is 2.10. The summed E-state index contributed by atoms with van der Waals surface area (Å²) in [5.41, 5.74) is 11.0. The van der Waals surface area contributed by atoms with Gasteiger partial charge in [0.2, 0.25) is 0 Å². The second-order valence-corrected chi connectivity index (χ2v) is 5.35. The van der Waals surface area contributed by atoms with Crippen LogP contribution in [0.15, 0.2) is 53.0 Å². The number of hydrogen-bond donors (Lipinski definition) is 1. The molecule has 94 valence electrons. The van der Waals surface area contributed by atoms with E-state index in [-0.39, 0.29) is 0 Å². The van der Waals surface area contributed by atoms with Crippen LogP contribution in [0.25, 0.3) is 22.2 Å². The Morgan fingerprint density at radius 2 is 1.79 bits per heavy atom. The molecule has 0 spiro atoms. The van der Waals surface area contributed by atoms with Gasteiger partial charge in [-0.25, -0.2) is 4.98 Å². The average Bonchev–Trinajstić information content (AvgIpc) is 2.44. The molecule has 0 saturated heterocycles. The number of nitrogen functional groups attached to an aromatic ring is 1. The predicted octanol–water partition coefficient (Wildman–Crippen LogP) is 4.55. The summed E-state index contributed by atoms with van der Waals surface area (Å²) < 4.78 is 1.01. The Morgan fingerprint density at radius 1 is 1.05 bits per heavy atom. The first kappa shape index (κ1) is 12.2. The molecule has 0 unspecified atom stereocenters. The number of halogens is 1. The molecule has 3 rings (SSSR count). The second-order valence-electron chi connectivity index (χ2n) is 4.56. The smallest absolute Gasteiger partial charge is 0.0874 e. The lowest BCUT2D eigenvalue weighted by molar-refractivity contribution is 1.36. The van der Waals surface area contributed by atoms with Gasteiger partial charge in [-0.15, -0.1) is 0 Å². The van der Waals surface area contributed by atoms with Gasteiger partial charge in [0, 0.05) is 21.1 Å². The maximum absolute atomic E-state index is 6.15. The van der Waals surface area contributed by atoms with Gasteiger partial charge >= 0.3 is 0 Å². The van der Waals surface area contributed by atoms with E-state index in [1.165, 1.54) is 0 Å². The highest BCUT2D eigenvalue weighted by molar-refractivity contribution is 9.10. The Labute approximate surface area is 120 Å². The lowest BCUT2D eigenvalue weighted by Crippen LogP contribution is -1.94. The molecule has 0 atom stereocenters. The van der Waals surface area contributed by atoms with E-state index in [9.17, 15) is 0 Å². The molecule has 0 amide bonds. The zero-order valence-electron chi connectivity index (χ0n) is 10.5. The Morgan fingerprint density at radius 3 is 2.53 bits per heavy atom. The summed E-state index contributed by atoms with van der Waals surface area (Å²) in [5, 5.41) is 0.983. The van der Waals surface area contributed by atoms with Crippen molar-refractivity contribution < 1.29 is 0 Å². The third-order valence-electron chi connectivity index (χ3n) is 3.21. The minimum Gasteiger partial charge on any atom is -0.398 e. The number of pyridine rings is 1. The number of aromatic nitrogens is 1. The van der Waals surface area contributed by atoms with Gasteiger partial charge in [0.05, 0.1) is 11.2 Å². The number of fused-ring (bicyclic) bond motifs is 1. The van der Waals surface area contributed by atoms with Crippen LogP contribution in [0, 0.1) is 6.92 Å². The molecule has 0 saturated carbocycles. The minimum absolute atomic E-state index is 0.754. The quantitative estimate of drug-likeness (QED) is 0.715. The fraction of sp³-hybridized carbons (Fsp3) is 0.0625. The topological polar surface area (TPSA) is 38.9 Å². The molecule has 2 aromatic carbocycles. The van der Waals surface area contributed by atoms with E-state index in [1.807, 2.05) is 48.5 Å². The van der Waals surface area contributed by atoms with Gasteiger partial charge in [0.15, 0.2) is 0 Å². The van der Waals surface area contributed by atoms with E-state index in [2.05, 4.69) is 22.9 Å². The van der Waals surface area contributed by atoms with Crippen LogP contribution in [0.2, 0.25) is 0 Å². The molecule has 2 nitrogen and oxygen atoms in total. The fourth-order valence-corrected chi connectivity index (χ4v) is 2.58. The summed E-state index contributed by atoms with van der Waals surface area (Å²) in [6.07, 6.45) is 0. The largest absolute Gasteiger partial charge is 0.398 e. The zero-order chi connectivity index (χ0) is 13.4. The van der Waals surface area contributed by atoms with Crippen molar-refractivity contribution in [1.29, 1.82) is 0 Å². The number of anilines is 1. The molecule has 0 aliphatic rings. The van der Waals surface area contributed by atoms with Crippen LogP contribution in [-0.2, 0) is 0 Å². The highest BCUT2D eigenvalue weighted by atomic mass is 79.9. The van der Waals surface area contributed by atoms with Gasteiger partial charge in [0.1, 0.15) is 0 Å². The molecule has 19 heavy (non-hydrogen) atoms. The molecule has 3 heteroatoms. The molecule has 1 heterocycles. The number of nitrogens with zero attached hydrogens (tertiary/aromatic N) is 1. The molecule has 0 fully saturated rings. The lowest BCUT2D eigenvalue weighted by Gasteiger charge is -2.09. The van der Waals surface area contributed by atoms with Crippen molar-refractivity contribution in [3.8, 4) is 11.3 Å². The summed E-state index contributed by atoms with van der Waals surface area (Å²) in [4.78, 5) is 4.74. The molecule has 0 aliphatic carbocycles. The Kier molecular flexibility index (Phi) is 2.99. The predicted molar refractivity (Wildman–Crippen MR) is 84.0 cm³/mol. The Bertz CT molecular complexity index is 752. The Balaban J connectivity index is 2.32. The summed E-state index contributed by atoms with van der Waals surface area (Å²) >= 11 is 3.60. The molecule has 0 bridgehead atoms. The number of hydrogen-bond acceptors (Lipinski definition) is 2. The number of rotatable bonds is 1. The van der Waals surface area contributed by atoms with E-state index in [0.717, 1.165) is 37.9 Å². The van der Waals surface area contributed by atoms with Crippen molar-refractivity contribution in [1.82, 2.24) is 4.98 Å². The number of nitrogens with two attached hydrogens (primary N) is 1. The van der Waals surface area contributed by atoms with E-state index in [1.54, 1.807) is 0 Å². The van der Waals surface area contributed by atoms with Gasteiger partial charge in [-0.3, -0.25) is 0 Å². The molecular formula is C16H13BrN2. The van der Waals surface area contributed by atoms with Crippen molar-refractivity contribution in [2.45, 2.75) is 6.92 Å². The van der Waals surface area contributed by atoms with Crippen molar-refractivity contribution >= 4 is 32.5 Å². The van der Waals surface area contributed by atoms with E-state index in [0.29, 0.717) is 0 Å². The molecule has 0 radical (unpaired) electrons. The zero-order valence-corrected chi connectivity index (χ0v) is 12.1. The molecule has 2 N–H and O–H groups in total. The first-order chi connectivity index (χ1) is 9.16. The standard InChI is InChI=1S/C16H13BrN2/c1-10-7-8-12-13(18)9-14(19-16(12)15(10)17)11-5-3-2-4-6-11/h2-9H,1H3,(H2,18,19). The van der Waals surface area contributed by atoms with Crippen LogP contribution < -0.4 is 5.73 Å². The second kappa shape index (κ2) is 4.67. The first-order valence-electron chi connectivity index (χ1n) is 6.07. The fourth-order valence-electron chi connectivity index (χ4n) is 2.14. The third-order valence-corrected chi connectivity index (χ3v) is 4.22. The van der Waals surface area contributed by atoms with Crippen LogP contribution in [0.3, 0.4) is 0 Å². The summed E-state index contributed by atoms with van der Waals surface area (Å²) in [7, 11) is 0. The highest BCUT2D eigenvalue weighted by Crippen LogP contribution is 2.32. The highest BCUT2D eigenvalue weighted by Gasteiger charge is 2.09. The summed E-state index contributed by atoms with van der Waals surface area (Å²) in [6.45, 7) is 2.05. The number of aryl methyl sites for hydroxylation is 1. The van der Waals surface area contributed by atoms with Crippen molar-refractivity contribution in [3.63, 3.8) is 0 Å². The van der Waals surface area contributed by atoms with Gasteiger partial charge in [0.25, 0.3) is 0 Å². The van der Waals surface area contributed by atoms with Crippen LogP contribution in [0.1, 0.15) is 5.56 Å². The van der Waals surface area contributed by atoms with Gasteiger partial charge < -0.3 is 5.73 Å². The average molecular weight is 313 g/mol. The molecule has 0 aliphatic heterocycles. The van der Waals surface area contributed by atoms with Crippen LogP contribution in [0.5, 0.6) is 0 Å². The first-order valence-corrected chi connectivity index (χ1v) is 6.87.